The Morgan fingerprint density at radius 3 is 2.61 bits per heavy atom. The Labute approximate surface area is 109 Å². The van der Waals surface area contributed by atoms with Crippen molar-refractivity contribution in [1.82, 2.24) is 14.9 Å². The summed E-state index contributed by atoms with van der Waals surface area (Å²) in [6.07, 6.45) is 12.7. The van der Waals surface area contributed by atoms with Crippen LogP contribution in [0.5, 0.6) is 0 Å². The second kappa shape index (κ2) is 4.37. The molecule has 98 valence electrons. The summed E-state index contributed by atoms with van der Waals surface area (Å²) >= 11 is 0. The Hall–Kier alpha value is -0.830. The molecule has 1 aliphatic heterocycles. The number of rotatable bonds is 5. The molecule has 1 aromatic rings. The first-order valence-corrected chi connectivity index (χ1v) is 7.65. The molecule has 3 aliphatic rings. The molecule has 3 nitrogen and oxygen atoms in total. The maximum Gasteiger partial charge on any atom is 0.0948 e. The molecule has 0 bridgehead atoms. The fourth-order valence-electron chi connectivity index (χ4n) is 3.67. The number of nitrogens with zero attached hydrogens (tertiary/aromatic N) is 2. The SMILES string of the molecule is c1ncn(CC(C2CC2)C2CC2)c1[C@@H]1CCCN1. The average molecular weight is 245 g/mol. The largest absolute Gasteiger partial charge is 0.333 e. The van der Waals surface area contributed by atoms with Crippen molar-refractivity contribution in [1.29, 1.82) is 0 Å². The van der Waals surface area contributed by atoms with Crippen molar-refractivity contribution in [3.05, 3.63) is 18.2 Å². The summed E-state index contributed by atoms with van der Waals surface area (Å²) in [7, 11) is 0. The monoisotopic (exact) mass is 245 g/mol. The normalized spacial score (nSPS) is 28.2. The first-order valence-electron chi connectivity index (χ1n) is 7.65. The predicted octanol–water partition coefficient (Wildman–Crippen LogP) is 2.74. The van der Waals surface area contributed by atoms with Crippen LogP contribution in [-0.4, -0.2) is 16.1 Å². The summed E-state index contributed by atoms with van der Waals surface area (Å²) in [6.45, 7) is 2.40. The van der Waals surface area contributed by atoms with E-state index in [4.69, 9.17) is 0 Å². The second-order valence-corrected chi connectivity index (χ2v) is 6.46. The minimum absolute atomic E-state index is 0.562. The highest BCUT2D eigenvalue weighted by molar-refractivity contribution is 5.08. The average Bonchev–Trinajstić information content (AvgIpc) is 3.30. The molecule has 3 fully saturated rings. The molecule has 1 aromatic heterocycles. The molecule has 1 N–H and O–H groups in total. The molecule has 0 amide bonds. The number of hydrogen-bond donors (Lipinski definition) is 1. The van der Waals surface area contributed by atoms with Crippen molar-refractivity contribution in [2.75, 3.05) is 6.54 Å². The Bertz CT molecular complexity index is 399. The fraction of sp³-hybridized carbons (Fsp3) is 0.800. The Morgan fingerprint density at radius 2 is 2.00 bits per heavy atom. The molecular weight excluding hydrogens is 222 g/mol. The fourth-order valence-corrected chi connectivity index (χ4v) is 3.67. The number of aromatic nitrogens is 2. The molecule has 3 heteroatoms. The van der Waals surface area contributed by atoms with Crippen LogP contribution in [0.3, 0.4) is 0 Å². The van der Waals surface area contributed by atoms with E-state index < -0.39 is 0 Å². The molecule has 0 spiro atoms. The van der Waals surface area contributed by atoms with Crippen molar-refractivity contribution in [2.24, 2.45) is 17.8 Å². The van der Waals surface area contributed by atoms with Gasteiger partial charge in [-0.2, -0.15) is 0 Å². The first kappa shape index (κ1) is 11.0. The van der Waals surface area contributed by atoms with Gasteiger partial charge in [-0.05, 0) is 62.8 Å². The highest BCUT2D eigenvalue weighted by atomic mass is 15.1. The summed E-state index contributed by atoms with van der Waals surface area (Å²) in [6, 6.07) is 0.562. The van der Waals surface area contributed by atoms with Crippen LogP contribution in [0.4, 0.5) is 0 Å². The summed E-state index contributed by atoms with van der Waals surface area (Å²) < 4.78 is 2.45. The number of nitrogens with one attached hydrogen (secondary N) is 1. The molecule has 0 radical (unpaired) electrons. The van der Waals surface area contributed by atoms with Gasteiger partial charge in [0.1, 0.15) is 0 Å². The molecule has 1 atom stereocenters. The molecule has 0 aromatic carbocycles. The predicted molar refractivity (Wildman–Crippen MR) is 71.1 cm³/mol. The van der Waals surface area contributed by atoms with Crippen molar-refractivity contribution < 1.29 is 0 Å². The molecule has 2 aliphatic carbocycles. The molecule has 2 heterocycles. The van der Waals surface area contributed by atoms with Crippen molar-refractivity contribution in [3.8, 4) is 0 Å². The van der Waals surface area contributed by atoms with Crippen LogP contribution in [0.1, 0.15) is 50.3 Å². The van der Waals surface area contributed by atoms with Crippen molar-refractivity contribution in [3.63, 3.8) is 0 Å². The van der Waals surface area contributed by atoms with Gasteiger partial charge in [0.05, 0.1) is 12.0 Å². The summed E-state index contributed by atoms with van der Waals surface area (Å²) in [5, 5.41) is 3.60. The first-order chi connectivity index (χ1) is 8.92. The highest BCUT2D eigenvalue weighted by Crippen LogP contribution is 2.50. The van der Waals surface area contributed by atoms with Gasteiger partial charge in [0, 0.05) is 18.8 Å². The van der Waals surface area contributed by atoms with Gasteiger partial charge in [0.15, 0.2) is 0 Å². The van der Waals surface area contributed by atoms with Crippen LogP contribution in [0, 0.1) is 17.8 Å². The van der Waals surface area contributed by atoms with Crippen LogP contribution in [0.2, 0.25) is 0 Å². The maximum absolute atomic E-state index is 4.40. The maximum atomic E-state index is 4.40. The van der Waals surface area contributed by atoms with E-state index in [1.165, 1.54) is 57.3 Å². The van der Waals surface area contributed by atoms with Gasteiger partial charge < -0.3 is 9.88 Å². The van der Waals surface area contributed by atoms with E-state index in [1.54, 1.807) is 0 Å². The zero-order chi connectivity index (χ0) is 11.9. The van der Waals surface area contributed by atoms with Crippen LogP contribution in [0.15, 0.2) is 12.5 Å². The molecular formula is C15H23N3. The molecule has 2 saturated carbocycles. The van der Waals surface area contributed by atoms with E-state index in [9.17, 15) is 0 Å². The van der Waals surface area contributed by atoms with Crippen molar-refractivity contribution >= 4 is 0 Å². The lowest BCUT2D eigenvalue weighted by Crippen LogP contribution is -2.21. The number of imidazole rings is 1. The van der Waals surface area contributed by atoms with Gasteiger partial charge in [-0.3, -0.25) is 0 Å². The van der Waals surface area contributed by atoms with Gasteiger partial charge in [-0.15, -0.1) is 0 Å². The minimum Gasteiger partial charge on any atom is -0.333 e. The smallest absolute Gasteiger partial charge is 0.0948 e. The topological polar surface area (TPSA) is 29.9 Å². The van der Waals surface area contributed by atoms with E-state index in [0.717, 1.165) is 17.8 Å². The third-order valence-electron chi connectivity index (χ3n) is 5.02. The van der Waals surface area contributed by atoms with E-state index >= 15 is 0 Å². The quantitative estimate of drug-likeness (QED) is 0.864. The van der Waals surface area contributed by atoms with Gasteiger partial charge in [-0.1, -0.05) is 0 Å². The second-order valence-electron chi connectivity index (χ2n) is 6.46. The van der Waals surface area contributed by atoms with E-state index in [1.807, 2.05) is 0 Å². The van der Waals surface area contributed by atoms with Crippen LogP contribution in [0.25, 0.3) is 0 Å². The van der Waals surface area contributed by atoms with Crippen LogP contribution in [-0.2, 0) is 6.54 Å². The van der Waals surface area contributed by atoms with Gasteiger partial charge >= 0.3 is 0 Å². The number of hydrogen-bond acceptors (Lipinski definition) is 2. The summed E-state index contributed by atoms with van der Waals surface area (Å²) in [5.74, 6) is 3.01. The Morgan fingerprint density at radius 1 is 1.22 bits per heavy atom. The Balaban J connectivity index is 1.51. The van der Waals surface area contributed by atoms with Gasteiger partial charge in [-0.25, -0.2) is 4.98 Å². The zero-order valence-corrected chi connectivity index (χ0v) is 11.0. The van der Waals surface area contributed by atoms with Crippen LogP contribution >= 0.6 is 0 Å². The third kappa shape index (κ3) is 2.09. The lowest BCUT2D eigenvalue weighted by molar-refractivity contribution is 0.340. The molecule has 18 heavy (non-hydrogen) atoms. The third-order valence-corrected chi connectivity index (χ3v) is 5.02. The van der Waals surface area contributed by atoms with Crippen molar-refractivity contribution in [2.45, 2.75) is 51.1 Å². The molecule has 1 saturated heterocycles. The summed E-state index contributed by atoms with van der Waals surface area (Å²) in [4.78, 5) is 4.40. The zero-order valence-electron chi connectivity index (χ0n) is 11.0. The van der Waals surface area contributed by atoms with E-state index in [-0.39, 0.29) is 0 Å². The molecule has 4 rings (SSSR count). The van der Waals surface area contributed by atoms with E-state index in [0.29, 0.717) is 6.04 Å². The van der Waals surface area contributed by atoms with Gasteiger partial charge in [0.25, 0.3) is 0 Å². The molecule has 0 unspecified atom stereocenters. The highest BCUT2D eigenvalue weighted by Gasteiger charge is 2.41. The summed E-state index contributed by atoms with van der Waals surface area (Å²) in [5.41, 5.74) is 1.43. The van der Waals surface area contributed by atoms with E-state index in [2.05, 4.69) is 27.4 Å². The standard InChI is InChI=1S/C15H23N3/c1-2-14(17-7-1)15-8-16-10-18(15)9-13(11-3-4-11)12-5-6-12/h8,10-14,17H,1-7,9H2/t14-/m0/s1. The minimum atomic E-state index is 0.562. The lowest BCUT2D eigenvalue weighted by atomic mass is 9.97. The van der Waals surface area contributed by atoms with Gasteiger partial charge in [0.2, 0.25) is 0 Å². The Kier molecular flexibility index (Phi) is 2.68. The lowest BCUT2D eigenvalue weighted by Gasteiger charge is -2.20. The van der Waals surface area contributed by atoms with Crippen LogP contribution < -0.4 is 5.32 Å².